The predicted octanol–water partition coefficient (Wildman–Crippen LogP) is 5.05. The van der Waals surface area contributed by atoms with Gasteiger partial charge in [0, 0.05) is 4.94 Å². The third kappa shape index (κ3) is 3.07. The van der Waals surface area contributed by atoms with E-state index in [1.807, 2.05) is 0 Å². The summed E-state index contributed by atoms with van der Waals surface area (Å²) in [7, 11) is -1.67. The van der Waals surface area contributed by atoms with E-state index in [1.165, 1.54) is 0 Å². The summed E-state index contributed by atoms with van der Waals surface area (Å²) < 4.78 is 0. The topological polar surface area (TPSA) is 17.1 Å². The van der Waals surface area contributed by atoms with E-state index in [0.717, 1.165) is 23.1 Å². The monoisotopic (exact) mass is 304 g/mol. The summed E-state index contributed by atoms with van der Waals surface area (Å²) in [5, 5.41) is 0. The fourth-order valence-electron chi connectivity index (χ4n) is 2.92. The average molecular weight is 305 g/mol. The van der Waals surface area contributed by atoms with Crippen molar-refractivity contribution in [3.8, 4) is 0 Å². The van der Waals surface area contributed by atoms with E-state index in [1.54, 1.807) is 0 Å². The van der Waals surface area contributed by atoms with Gasteiger partial charge in [0.15, 0.2) is 0 Å². The Balaban J connectivity index is 6.00. The summed E-state index contributed by atoms with van der Waals surface area (Å²) in [6, 6.07) is 1.63. The van der Waals surface area contributed by atoms with Crippen LogP contribution in [0, 0.1) is 0 Å². The van der Waals surface area contributed by atoms with Gasteiger partial charge in [0.25, 0.3) is 0 Å². The summed E-state index contributed by atoms with van der Waals surface area (Å²) >= 11 is 6.06. The number of rotatable bonds is 7. The van der Waals surface area contributed by atoms with Crippen molar-refractivity contribution in [3.63, 3.8) is 0 Å². The third-order valence-electron chi connectivity index (χ3n) is 4.51. The first-order chi connectivity index (χ1) is 8.26. The molecule has 0 N–H and O–H groups in total. The lowest BCUT2D eigenvalue weighted by atomic mass is 10.5. The lowest BCUT2D eigenvalue weighted by Crippen LogP contribution is -2.37. The summed E-state index contributed by atoms with van der Waals surface area (Å²) in [5.41, 5.74) is 0.834. The Kier molecular flexibility index (Phi) is 7.32. The molecule has 18 heavy (non-hydrogen) atoms. The van der Waals surface area contributed by atoms with Crippen LogP contribution in [0.4, 0.5) is 0 Å². The molecule has 0 aliphatic rings. The van der Waals surface area contributed by atoms with Crippen molar-refractivity contribution in [2.24, 2.45) is 0 Å². The predicted molar refractivity (Wildman–Crippen MR) is 91.0 cm³/mol. The molecule has 0 radical (unpaired) electrons. The van der Waals surface area contributed by atoms with Crippen molar-refractivity contribution >= 4 is 31.9 Å². The van der Waals surface area contributed by atoms with Gasteiger partial charge < -0.3 is 0 Å². The van der Waals surface area contributed by atoms with Crippen LogP contribution in [0.1, 0.15) is 48.5 Å². The Hall–Kier alpha value is 0.317. The normalized spacial score (nSPS) is 12.9. The Bertz CT molecular complexity index is 346. The molecule has 0 unspecified atom stereocenters. The molecule has 0 amide bonds. The summed E-state index contributed by atoms with van der Waals surface area (Å²) in [4.78, 5) is 12.8. The smallest absolute Gasteiger partial charge is 0.124 e. The quantitative estimate of drug-likeness (QED) is 0.372. The first-order valence-corrected chi connectivity index (χ1v) is 12.7. The van der Waals surface area contributed by atoms with Gasteiger partial charge in [-0.25, -0.2) is 4.79 Å². The molecule has 0 aliphatic heterocycles. The minimum atomic E-state index is -1.76. The zero-order chi connectivity index (χ0) is 14.6. The molecule has 0 fully saturated rings. The number of carbonyl (C=O) groups excluding carboxylic acids is 1. The highest BCUT2D eigenvalue weighted by Crippen LogP contribution is 2.64. The summed E-state index contributed by atoms with van der Waals surface area (Å²) in [6.07, 6.45) is 0. The summed E-state index contributed by atoms with van der Waals surface area (Å²) in [5.74, 6) is 2.37. The van der Waals surface area contributed by atoms with Crippen molar-refractivity contribution in [3.05, 3.63) is 4.94 Å². The molecule has 0 spiro atoms. The molecule has 0 saturated carbocycles. The molecule has 0 aliphatic carbocycles. The van der Waals surface area contributed by atoms with Crippen LogP contribution in [0.25, 0.3) is 0 Å². The van der Waals surface area contributed by atoms with Crippen molar-refractivity contribution < 1.29 is 4.79 Å². The highest BCUT2D eigenvalue weighted by atomic mass is 32.4. The Morgan fingerprint density at radius 1 is 1.06 bits per heavy atom. The van der Waals surface area contributed by atoms with E-state index in [9.17, 15) is 4.79 Å². The maximum atomic E-state index is 11.7. The van der Waals surface area contributed by atoms with Crippen molar-refractivity contribution in [1.29, 1.82) is 0 Å². The van der Waals surface area contributed by atoms with Gasteiger partial charge in [-0.15, -0.1) is 0 Å². The molecule has 1 nitrogen and oxygen atoms in total. The van der Waals surface area contributed by atoms with Crippen molar-refractivity contribution in [2.75, 3.05) is 0 Å². The third-order valence-corrected chi connectivity index (χ3v) is 19.6. The van der Waals surface area contributed by atoms with E-state index in [-0.39, 0.29) is 0 Å². The maximum Gasteiger partial charge on any atom is 0.124 e. The molecule has 0 aromatic rings. The molecule has 0 bridgehead atoms. The van der Waals surface area contributed by atoms with Gasteiger partial charge in [0.1, 0.15) is 14.0 Å². The van der Waals surface area contributed by atoms with Gasteiger partial charge in [-0.1, -0.05) is 78.4 Å². The van der Waals surface area contributed by atoms with Crippen LogP contribution in [0.15, 0.2) is 4.94 Å². The number of hydrogen-bond acceptors (Lipinski definition) is 2. The van der Waals surface area contributed by atoms with Crippen LogP contribution in [0.3, 0.4) is 0 Å². The highest BCUT2D eigenvalue weighted by molar-refractivity contribution is 8.18. The van der Waals surface area contributed by atoms with Gasteiger partial charge in [-0.05, 0) is 17.4 Å². The molecule has 4 heteroatoms. The minimum absolute atomic E-state index is 0.417. The fraction of sp³-hybridized carbons (Fsp3) is 0.857. The van der Waals surface area contributed by atoms with Crippen LogP contribution in [0.5, 0.6) is 0 Å². The lowest BCUT2D eigenvalue weighted by Gasteiger charge is -2.40. The van der Waals surface area contributed by atoms with Gasteiger partial charge >= 0.3 is 0 Å². The second kappa shape index (κ2) is 7.19. The van der Waals surface area contributed by atoms with Crippen molar-refractivity contribution in [2.45, 2.75) is 77.9 Å². The first kappa shape index (κ1) is 18.3. The van der Waals surface area contributed by atoms with E-state index in [4.69, 9.17) is 11.8 Å². The second-order valence-electron chi connectivity index (χ2n) is 5.69. The van der Waals surface area contributed by atoms with Crippen LogP contribution in [-0.4, -0.2) is 25.3 Å². The Morgan fingerprint density at radius 3 is 1.56 bits per heavy atom. The average Bonchev–Trinajstić information content (AvgIpc) is 2.34. The van der Waals surface area contributed by atoms with Crippen LogP contribution >= 0.6 is 6.04 Å². The van der Waals surface area contributed by atoms with Crippen LogP contribution in [0.2, 0.25) is 18.1 Å². The van der Waals surface area contributed by atoms with E-state index < -0.39 is 14.1 Å². The zero-order valence-electron chi connectivity index (χ0n) is 13.0. The minimum Gasteiger partial charge on any atom is -0.234 e. The molecule has 0 aromatic carbocycles. The molecule has 0 heterocycles. The summed E-state index contributed by atoms with van der Waals surface area (Å²) in [6.45, 7) is 15.5. The van der Waals surface area contributed by atoms with Crippen LogP contribution in [-0.2, 0) is 16.6 Å². The van der Waals surface area contributed by atoms with Gasteiger partial charge in [-0.3, -0.25) is 0 Å². The second-order valence-corrected chi connectivity index (χ2v) is 17.0. The SMILES string of the molecule is CC[Si](CC)(CC)C(=C=O)P(=S)(C(C)C)C(C)C. The lowest BCUT2D eigenvalue weighted by molar-refractivity contribution is 0.568. The largest absolute Gasteiger partial charge is 0.234 e. The first-order valence-electron chi connectivity index (χ1n) is 7.12. The molecule has 0 saturated heterocycles. The number of hydrogen-bond donors (Lipinski definition) is 0. The van der Waals surface area contributed by atoms with E-state index >= 15 is 0 Å². The molecule has 0 atom stereocenters. The zero-order valence-corrected chi connectivity index (χ0v) is 15.8. The van der Waals surface area contributed by atoms with E-state index in [0.29, 0.717) is 11.3 Å². The standard InChI is InChI=1S/C14H29OPSSi/c1-8-18(9-2,10-3)14(11-15)16(17,12(4)5)13(6)7/h12-13H,8-10H2,1-7H3. The van der Waals surface area contributed by atoms with Gasteiger partial charge in [-0.2, -0.15) is 0 Å². The van der Waals surface area contributed by atoms with Gasteiger partial charge in [0.05, 0.1) is 0 Å². The molecular weight excluding hydrogens is 275 g/mol. The fourth-order valence-corrected chi connectivity index (χ4v) is 15.8. The van der Waals surface area contributed by atoms with Gasteiger partial charge in [0.2, 0.25) is 0 Å². The molecule has 0 rings (SSSR count). The molecule has 106 valence electrons. The molecular formula is C14H29OPSSi. The maximum absolute atomic E-state index is 11.7. The Labute approximate surface area is 119 Å². The van der Waals surface area contributed by atoms with Crippen molar-refractivity contribution in [1.82, 2.24) is 0 Å². The highest BCUT2D eigenvalue weighted by Gasteiger charge is 2.43. The van der Waals surface area contributed by atoms with E-state index in [2.05, 4.69) is 54.4 Å². The Morgan fingerprint density at radius 2 is 1.39 bits per heavy atom. The van der Waals surface area contributed by atoms with Crippen LogP contribution < -0.4 is 0 Å². The molecule has 0 aromatic heterocycles.